The monoisotopic (exact) mass is 374 g/mol. The highest BCUT2D eigenvalue weighted by molar-refractivity contribution is 6.07. The fourth-order valence-corrected chi connectivity index (χ4v) is 3.37. The molecule has 7 heteroatoms. The molecule has 1 aliphatic heterocycles. The Balaban J connectivity index is 1.68. The lowest BCUT2D eigenvalue weighted by molar-refractivity contribution is 0.0960. The first-order valence-corrected chi connectivity index (χ1v) is 9.21. The van der Waals surface area contributed by atoms with Gasteiger partial charge in [0.2, 0.25) is 0 Å². The van der Waals surface area contributed by atoms with E-state index in [0.29, 0.717) is 5.69 Å². The minimum Gasteiger partial charge on any atom is -0.359 e. The number of fused-ring (bicyclic) bond motifs is 1. The van der Waals surface area contributed by atoms with Crippen LogP contribution in [0.4, 0.5) is 5.82 Å². The van der Waals surface area contributed by atoms with Crippen molar-refractivity contribution in [2.75, 3.05) is 12.4 Å². The third-order valence-corrected chi connectivity index (χ3v) is 4.93. The third kappa shape index (κ3) is 3.26. The van der Waals surface area contributed by atoms with Crippen LogP contribution in [0.5, 0.6) is 0 Å². The molecule has 28 heavy (non-hydrogen) atoms. The summed E-state index contributed by atoms with van der Waals surface area (Å²) in [5, 5.41) is 6.93. The van der Waals surface area contributed by atoms with Gasteiger partial charge in [0, 0.05) is 59.8 Å². The van der Waals surface area contributed by atoms with Gasteiger partial charge in [0.05, 0.1) is 5.52 Å². The Morgan fingerprint density at radius 1 is 1.18 bits per heavy atom. The van der Waals surface area contributed by atoms with E-state index < -0.39 is 0 Å². The number of hydrogen-bond donors (Lipinski definition) is 3. The van der Waals surface area contributed by atoms with E-state index in [-0.39, 0.29) is 5.91 Å². The number of nitrogens with one attached hydrogen (secondary N) is 3. The minimum atomic E-state index is -0.216. The van der Waals surface area contributed by atoms with Crippen LogP contribution >= 0.6 is 0 Å². The normalized spacial score (nSPS) is 13.8. The summed E-state index contributed by atoms with van der Waals surface area (Å²) < 4.78 is 0. The van der Waals surface area contributed by atoms with Crippen LogP contribution < -0.4 is 10.6 Å². The molecule has 0 bridgehead atoms. The van der Waals surface area contributed by atoms with E-state index in [1.165, 1.54) is 0 Å². The van der Waals surface area contributed by atoms with Crippen molar-refractivity contribution >= 4 is 28.3 Å². The molecule has 0 aromatic carbocycles. The number of anilines is 1. The number of rotatable bonds is 4. The predicted octanol–water partition coefficient (Wildman–Crippen LogP) is 3.80. The van der Waals surface area contributed by atoms with Crippen molar-refractivity contribution in [3.63, 3.8) is 0 Å². The summed E-state index contributed by atoms with van der Waals surface area (Å²) in [6.45, 7) is 4.09. The van der Waals surface area contributed by atoms with Crippen LogP contribution in [0.15, 0.2) is 47.6 Å². The van der Waals surface area contributed by atoms with Crippen molar-refractivity contribution in [1.29, 1.82) is 0 Å². The fraction of sp³-hybridized carbons (Fsp3) is 0.238. The number of pyridine rings is 2. The predicted molar refractivity (Wildman–Crippen MR) is 112 cm³/mol. The molecule has 7 nitrogen and oxygen atoms in total. The molecule has 4 heterocycles. The second-order valence-corrected chi connectivity index (χ2v) is 6.89. The van der Waals surface area contributed by atoms with E-state index in [4.69, 9.17) is 0 Å². The molecule has 4 rings (SSSR count). The van der Waals surface area contributed by atoms with Crippen LogP contribution in [0, 0.1) is 6.92 Å². The van der Waals surface area contributed by atoms with Crippen LogP contribution in [0.2, 0.25) is 0 Å². The number of hydrogen-bond acceptors (Lipinski definition) is 5. The van der Waals surface area contributed by atoms with Gasteiger partial charge in [-0.25, -0.2) is 9.97 Å². The van der Waals surface area contributed by atoms with E-state index in [1.54, 1.807) is 13.2 Å². The maximum atomic E-state index is 12.1. The molecule has 3 N–H and O–H groups in total. The smallest absolute Gasteiger partial charge is 0.271 e. The van der Waals surface area contributed by atoms with Gasteiger partial charge < -0.3 is 15.6 Å². The summed E-state index contributed by atoms with van der Waals surface area (Å²) in [4.78, 5) is 28.4. The lowest BCUT2D eigenvalue weighted by Crippen LogP contribution is -2.19. The molecule has 0 saturated heterocycles. The van der Waals surface area contributed by atoms with Gasteiger partial charge in [-0.3, -0.25) is 9.79 Å². The number of nitrogens with zero attached hydrogens (tertiary/aromatic N) is 3. The number of carbonyl (C=O) groups is 1. The standard InChI is InChI=1S/C21H22N6O/c1-12-8-18(27-14-5-4-13(2)24-9-14)25-10-16(12)17-11-26-19-15(17)6-7-23-20(19)21(28)22-3/h6-11,26H,4-5H2,1-3H3,(H,22,28)(H,25,27). The molecule has 3 aromatic heterocycles. The van der Waals surface area contributed by atoms with Gasteiger partial charge in [0.1, 0.15) is 5.82 Å². The number of aliphatic imine (C=N–C) groups is 1. The average molecular weight is 374 g/mol. The van der Waals surface area contributed by atoms with Crippen molar-refractivity contribution < 1.29 is 4.79 Å². The molecule has 0 unspecified atom stereocenters. The Morgan fingerprint density at radius 2 is 2.04 bits per heavy atom. The molecule has 0 atom stereocenters. The van der Waals surface area contributed by atoms with E-state index >= 15 is 0 Å². The number of aryl methyl sites for hydroxylation is 1. The van der Waals surface area contributed by atoms with Gasteiger partial charge in [-0.1, -0.05) is 0 Å². The largest absolute Gasteiger partial charge is 0.359 e. The first-order valence-electron chi connectivity index (χ1n) is 9.21. The second-order valence-electron chi connectivity index (χ2n) is 6.89. The molecule has 1 amide bonds. The van der Waals surface area contributed by atoms with Crippen LogP contribution in [0.3, 0.4) is 0 Å². The Morgan fingerprint density at radius 3 is 2.75 bits per heavy atom. The van der Waals surface area contributed by atoms with Crippen molar-refractivity contribution in [3.05, 3.63) is 53.9 Å². The van der Waals surface area contributed by atoms with Crippen LogP contribution in [0.1, 0.15) is 35.8 Å². The summed E-state index contributed by atoms with van der Waals surface area (Å²) in [7, 11) is 1.60. The van der Waals surface area contributed by atoms with Crippen molar-refractivity contribution in [2.45, 2.75) is 26.7 Å². The quantitative estimate of drug-likeness (QED) is 0.647. The van der Waals surface area contributed by atoms with Crippen molar-refractivity contribution in [1.82, 2.24) is 20.3 Å². The van der Waals surface area contributed by atoms with Crippen LogP contribution in [-0.4, -0.2) is 33.6 Å². The molecular weight excluding hydrogens is 352 g/mol. The van der Waals surface area contributed by atoms with Crippen LogP contribution in [0.25, 0.3) is 22.0 Å². The summed E-state index contributed by atoms with van der Waals surface area (Å²) in [6.07, 6.45) is 9.19. The molecule has 0 spiro atoms. The topological polar surface area (TPSA) is 95.1 Å². The molecule has 0 saturated carbocycles. The Kier molecular flexibility index (Phi) is 4.65. The molecule has 3 aromatic rings. The number of carbonyl (C=O) groups excluding carboxylic acids is 1. The SMILES string of the molecule is CNC(=O)c1nccc2c(-c3cnc(NC4=CN=C(C)CC4)cc3C)c[nH]c12. The summed E-state index contributed by atoms with van der Waals surface area (Å²) in [5.74, 6) is 0.585. The fourth-order valence-electron chi connectivity index (χ4n) is 3.37. The Labute approximate surface area is 163 Å². The zero-order valence-corrected chi connectivity index (χ0v) is 16.1. The van der Waals surface area contributed by atoms with Crippen LogP contribution in [-0.2, 0) is 0 Å². The molecule has 0 fully saturated rings. The summed E-state index contributed by atoms with van der Waals surface area (Å²) in [6, 6.07) is 3.94. The highest BCUT2D eigenvalue weighted by atomic mass is 16.1. The zero-order chi connectivity index (χ0) is 19.7. The Hall–Kier alpha value is -3.48. The van der Waals surface area contributed by atoms with Gasteiger partial charge in [0.15, 0.2) is 5.69 Å². The number of amides is 1. The lowest BCUT2D eigenvalue weighted by atomic mass is 10.0. The second kappa shape index (κ2) is 7.26. The van der Waals surface area contributed by atoms with E-state index in [0.717, 1.165) is 57.7 Å². The highest BCUT2D eigenvalue weighted by Gasteiger charge is 2.16. The van der Waals surface area contributed by atoms with E-state index in [2.05, 4.69) is 37.5 Å². The summed E-state index contributed by atoms with van der Waals surface area (Å²) in [5.41, 5.74) is 6.42. The first kappa shape index (κ1) is 17.9. The van der Waals surface area contributed by atoms with Crippen molar-refractivity contribution in [2.24, 2.45) is 4.99 Å². The van der Waals surface area contributed by atoms with E-state index in [1.807, 2.05) is 37.7 Å². The lowest BCUT2D eigenvalue weighted by Gasteiger charge is -2.14. The number of H-pyrrole nitrogens is 1. The molecule has 1 aliphatic rings. The molecular formula is C21H22N6O. The van der Waals surface area contributed by atoms with Gasteiger partial charge in [-0.2, -0.15) is 0 Å². The zero-order valence-electron chi connectivity index (χ0n) is 16.1. The third-order valence-electron chi connectivity index (χ3n) is 4.93. The van der Waals surface area contributed by atoms with Gasteiger partial charge in [-0.05, 0) is 44.4 Å². The maximum Gasteiger partial charge on any atom is 0.271 e. The molecule has 0 radical (unpaired) electrons. The van der Waals surface area contributed by atoms with Gasteiger partial charge in [0.25, 0.3) is 5.91 Å². The number of aromatic nitrogens is 3. The molecule has 0 aliphatic carbocycles. The van der Waals surface area contributed by atoms with Gasteiger partial charge in [-0.15, -0.1) is 0 Å². The van der Waals surface area contributed by atoms with Crippen molar-refractivity contribution in [3.8, 4) is 11.1 Å². The minimum absolute atomic E-state index is 0.216. The Bertz CT molecular complexity index is 1130. The van der Waals surface area contributed by atoms with E-state index in [9.17, 15) is 4.79 Å². The average Bonchev–Trinajstić information content (AvgIpc) is 3.13. The maximum absolute atomic E-state index is 12.1. The highest BCUT2D eigenvalue weighted by Crippen LogP contribution is 2.32. The summed E-state index contributed by atoms with van der Waals surface area (Å²) >= 11 is 0. The first-order chi connectivity index (χ1) is 13.6. The van der Waals surface area contributed by atoms with Gasteiger partial charge >= 0.3 is 0 Å². The number of allylic oxidation sites excluding steroid dienone is 1. The molecule has 142 valence electrons. The number of aromatic amines is 1.